The lowest BCUT2D eigenvalue weighted by molar-refractivity contribution is -0.118. The van der Waals surface area contributed by atoms with E-state index in [1.54, 1.807) is 6.07 Å². The molecular formula is C24H19Cl2NO2. The van der Waals surface area contributed by atoms with Crippen molar-refractivity contribution in [2.45, 2.75) is 32.6 Å². The highest BCUT2D eigenvalue weighted by Gasteiger charge is 2.46. The fourth-order valence-electron chi connectivity index (χ4n) is 4.84. The van der Waals surface area contributed by atoms with E-state index in [0.717, 1.165) is 23.4 Å². The molecule has 2 aromatic carbocycles. The normalized spacial score (nSPS) is 22.3. The highest BCUT2D eigenvalue weighted by Crippen LogP contribution is 2.52. The van der Waals surface area contributed by atoms with Crippen molar-refractivity contribution in [3.8, 4) is 0 Å². The number of dihydropyridines is 1. The van der Waals surface area contributed by atoms with Crippen molar-refractivity contribution in [1.29, 1.82) is 0 Å². The smallest absolute Gasteiger partial charge is 0.192 e. The van der Waals surface area contributed by atoms with Crippen LogP contribution in [0.4, 0.5) is 0 Å². The van der Waals surface area contributed by atoms with E-state index < -0.39 is 5.92 Å². The number of hydrogen-bond acceptors (Lipinski definition) is 3. The van der Waals surface area contributed by atoms with Gasteiger partial charge in [-0.3, -0.25) is 9.59 Å². The summed E-state index contributed by atoms with van der Waals surface area (Å²) in [5.74, 6) is -0.524. The first-order valence-electron chi connectivity index (χ1n) is 9.64. The third-order valence-corrected chi connectivity index (χ3v) is 6.85. The van der Waals surface area contributed by atoms with Gasteiger partial charge in [-0.2, -0.15) is 0 Å². The molecular weight excluding hydrogens is 405 g/mol. The van der Waals surface area contributed by atoms with Crippen LogP contribution in [0, 0.1) is 5.41 Å². The van der Waals surface area contributed by atoms with E-state index in [2.05, 4.69) is 19.2 Å². The van der Waals surface area contributed by atoms with Gasteiger partial charge in [0.1, 0.15) is 0 Å². The Morgan fingerprint density at radius 2 is 1.66 bits per heavy atom. The molecule has 0 radical (unpaired) electrons. The first-order chi connectivity index (χ1) is 13.8. The molecule has 0 unspecified atom stereocenters. The highest BCUT2D eigenvalue weighted by molar-refractivity contribution is 6.42. The second-order valence-electron chi connectivity index (χ2n) is 8.70. The van der Waals surface area contributed by atoms with Crippen LogP contribution in [0.1, 0.15) is 54.1 Å². The topological polar surface area (TPSA) is 46.2 Å². The summed E-state index contributed by atoms with van der Waals surface area (Å²) in [6.45, 7) is 4.19. The van der Waals surface area contributed by atoms with Crippen molar-refractivity contribution in [1.82, 2.24) is 5.32 Å². The fraction of sp³-hybridized carbons (Fsp3) is 0.250. The monoisotopic (exact) mass is 423 g/mol. The summed E-state index contributed by atoms with van der Waals surface area (Å²) in [6.07, 6.45) is 1.17. The minimum Gasteiger partial charge on any atom is -0.358 e. The van der Waals surface area contributed by atoms with Gasteiger partial charge in [0, 0.05) is 40.3 Å². The summed E-state index contributed by atoms with van der Waals surface area (Å²) >= 11 is 12.9. The molecule has 1 N–H and O–H groups in total. The van der Waals surface area contributed by atoms with Crippen molar-refractivity contribution >= 4 is 40.5 Å². The zero-order valence-electron chi connectivity index (χ0n) is 16.1. The van der Waals surface area contributed by atoms with Crippen molar-refractivity contribution < 1.29 is 9.59 Å². The van der Waals surface area contributed by atoms with Crippen molar-refractivity contribution in [2.24, 2.45) is 5.41 Å². The van der Waals surface area contributed by atoms with Crippen LogP contribution in [-0.2, 0) is 4.79 Å². The fourth-order valence-corrected chi connectivity index (χ4v) is 5.26. The molecule has 2 aromatic rings. The molecule has 1 aliphatic heterocycles. The number of fused-ring (bicyclic) bond motifs is 2. The van der Waals surface area contributed by atoms with Gasteiger partial charge in [-0.15, -0.1) is 0 Å². The largest absolute Gasteiger partial charge is 0.358 e. The molecule has 0 bridgehead atoms. The first-order valence-corrected chi connectivity index (χ1v) is 10.4. The van der Waals surface area contributed by atoms with Gasteiger partial charge >= 0.3 is 0 Å². The Hall–Kier alpha value is -2.36. The lowest BCUT2D eigenvalue weighted by Crippen LogP contribution is -2.37. The maximum atomic E-state index is 13.4. The summed E-state index contributed by atoms with van der Waals surface area (Å²) < 4.78 is 0. The molecule has 3 nitrogen and oxygen atoms in total. The SMILES string of the molecule is CC1(C)CC(=O)C2=C(C1)NC1=C(C(=O)c3ccccc31)[C@@H]2c1cccc(Cl)c1Cl. The zero-order chi connectivity index (χ0) is 20.5. The molecule has 0 saturated carbocycles. The molecule has 0 fully saturated rings. The maximum absolute atomic E-state index is 13.4. The van der Waals surface area contributed by atoms with E-state index in [0.29, 0.717) is 38.7 Å². The maximum Gasteiger partial charge on any atom is 0.192 e. The van der Waals surface area contributed by atoms with Crippen LogP contribution in [0.15, 0.2) is 59.3 Å². The molecule has 0 spiro atoms. The van der Waals surface area contributed by atoms with E-state index >= 15 is 0 Å². The lowest BCUT2D eigenvalue weighted by Gasteiger charge is -2.39. The third-order valence-electron chi connectivity index (χ3n) is 6.02. The molecule has 0 aromatic heterocycles. The Bertz CT molecular complexity index is 1170. The number of carbonyl (C=O) groups excluding carboxylic acids is 2. The van der Waals surface area contributed by atoms with E-state index in [1.165, 1.54) is 0 Å². The third kappa shape index (κ3) is 2.72. The Balaban J connectivity index is 1.79. The minimum absolute atomic E-state index is 0.0556. The number of carbonyl (C=O) groups is 2. The second-order valence-corrected chi connectivity index (χ2v) is 9.48. The molecule has 2 aliphatic carbocycles. The van der Waals surface area contributed by atoms with Crippen molar-refractivity contribution in [2.75, 3.05) is 0 Å². The van der Waals surface area contributed by atoms with Crippen molar-refractivity contribution in [3.63, 3.8) is 0 Å². The Kier molecular flexibility index (Phi) is 4.06. The number of allylic oxidation sites excluding steroid dienone is 3. The lowest BCUT2D eigenvalue weighted by atomic mass is 9.68. The van der Waals surface area contributed by atoms with Gasteiger partial charge in [-0.1, -0.05) is 73.4 Å². The zero-order valence-corrected chi connectivity index (χ0v) is 17.6. The molecule has 1 atom stereocenters. The number of ketones is 2. The van der Waals surface area contributed by atoms with Crippen LogP contribution < -0.4 is 5.32 Å². The quantitative estimate of drug-likeness (QED) is 0.617. The number of hydrogen-bond donors (Lipinski definition) is 1. The van der Waals surface area contributed by atoms with E-state index in [9.17, 15) is 9.59 Å². The predicted octanol–water partition coefficient (Wildman–Crippen LogP) is 5.93. The second kappa shape index (κ2) is 6.32. The Morgan fingerprint density at radius 1 is 0.931 bits per heavy atom. The molecule has 5 rings (SSSR count). The van der Waals surface area contributed by atoms with Gasteiger partial charge in [0.15, 0.2) is 11.6 Å². The average Bonchev–Trinajstić information content (AvgIpc) is 2.94. The molecule has 1 heterocycles. The average molecular weight is 424 g/mol. The van der Waals surface area contributed by atoms with Gasteiger partial charge in [0.05, 0.1) is 15.7 Å². The minimum atomic E-state index is -0.518. The van der Waals surface area contributed by atoms with Crippen LogP contribution >= 0.6 is 23.2 Å². The van der Waals surface area contributed by atoms with E-state index in [-0.39, 0.29) is 17.0 Å². The van der Waals surface area contributed by atoms with Crippen molar-refractivity contribution in [3.05, 3.63) is 86.0 Å². The molecule has 0 amide bonds. The highest BCUT2D eigenvalue weighted by atomic mass is 35.5. The van der Waals surface area contributed by atoms with Crippen LogP contribution in [-0.4, -0.2) is 11.6 Å². The standard InChI is InChI=1S/C24H19Cl2NO2/c1-24(2)10-16-19(17(28)11-24)18(14-8-5-9-15(25)21(14)26)20-22(27-16)12-6-3-4-7-13(12)23(20)29/h3-9,18,27H,10-11H2,1-2H3/t18-/m1/s1. The first kappa shape index (κ1) is 18.7. The van der Waals surface area contributed by atoms with E-state index in [4.69, 9.17) is 23.2 Å². The van der Waals surface area contributed by atoms with Crippen LogP contribution in [0.3, 0.4) is 0 Å². The predicted molar refractivity (Wildman–Crippen MR) is 115 cm³/mol. The Labute approximate surface area is 179 Å². The van der Waals surface area contributed by atoms with Gasteiger partial charge in [-0.05, 0) is 23.5 Å². The molecule has 0 saturated heterocycles. The van der Waals surface area contributed by atoms with Crippen LogP contribution in [0.5, 0.6) is 0 Å². The van der Waals surface area contributed by atoms with Gasteiger partial charge < -0.3 is 5.32 Å². The summed E-state index contributed by atoms with van der Waals surface area (Å²) in [7, 11) is 0. The Morgan fingerprint density at radius 3 is 2.41 bits per heavy atom. The number of benzene rings is 2. The van der Waals surface area contributed by atoms with Gasteiger partial charge in [0.2, 0.25) is 0 Å². The summed E-state index contributed by atoms with van der Waals surface area (Å²) in [6, 6.07) is 13.0. The number of nitrogens with one attached hydrogen (secondary N) is 1. The summed E-state index contributed by atoms with van der Waals surface area (Å²) in [4.78, 5) is 26.7. The van der Waals surface area contributed by atoms with Crippen LogP contribution in [0.2, 0.25) is 10.0 Å². The number of rotatable bonds is 1. The molecule has 3 aliphatic rings. The molecule has 5 heteroatoms. The van der Waals surface area contributed by atoms with Crippen LogP contribution in [0.25, 0.3) is 5.70 Å². The molecule has 146 valence electrons. The van der Waals surface area contributed by atoms with Gasteiger partial charge in [0.25, 0.3) is 0 Å². The number of halogens is 2. The van der Waals surface area contributed by atoms with Gasteiger partial charge in [-0.25, -0.2) is 0 Å². The van der Waals surface area contributed by atoms with E-state index in [1.807, 2.05) is 36.4 Å². The molecule has 29 heavy (non-hydrogen) atoms. The number of Topliss-reactive ketones (excluding diaryl/α,β-unsaturated/α-hetero) is 2. The summed E-state index contributed by atoms with van der Waals surface area (Å²) in [5, 5.41) is 4.27. The summed E-state index contributed by atoms with van der Waals surface area (Å²) in [5.41, 5.74) is 4.99.